The number of aliphatic imine (C=N–C) groups is 1. The van der Waals surface area contributed by atoms with Gasteiger partial charge in [0, 0.05) is 16.6 Å². The van der Waals surface area contributed by atoms with Crippen molar-refractivity contribution in [3.8, 4) is 11.5 Å². The fraction of sp³-hybridized carbons (Fsp3) is 0.278. The molecule has 2 aromatic rings. The van der Waals surface area contributed by atoms with Crippen LogP contribution in [0.25, 0.3) is 0 Å². The summed E-state index contributed by atoms with van der Waals surface area (Å²) in [6.45, 7) is 2.45. The van der Waals surface area contributed by atoms with Crippen LogP contribution in [0.3, 0.4) is 0 Å². The quantitative estimate of drug-likeness (QED) is 0.523. The van der Waals surface area contributed by atoms with Crippen LogP contribution in [0.15, 0.2) is 41.4 Å². The summed E-state index contributed by atoms with van der Waals surface area (Å²) in [7, 11) is 1.52. The Bertz CT molecular complexity index is 766. The van der Waals surface area contributed by atoms with E-state index in [0.717, 1.165) is 11.1 Å². The maximum absolute atomic E-state index is 9.59. The van der Waals surface area contributed by atoms with Crippen molar-refractivity contribution in [3.05, 3.63) is 57.6 Å². The van der Waals surface area contributed by atoms with Gasteiger partial charge in [-0.3, -0.25) is 4.99 Å². The van der Waals surface area contributed by atoms with E-state index in [1.54, 1.807) is 24.3 Å². The van der Waals surface area contributed by atoms with E-state index in [1.165, 1.54) is 7.11 Å². The zero-order valence-electron chi connectivity index (χ0n) is 14.1. The van der Waals surface area contributed by atoms with Crippen molar-refractivity contribution in [1.29, 1.82) is 0 Å². The second-order valence-electron chi connectivity index (χ2n) is 5.56. The highest BCUT2D eigenvalue weighted by atomic mass is 35.5. The van der Waals surface area contributed by atoms with Crippen LogP contribution in [-0.4, -0.2) is 24.7 Å². The van der Waals surface area contributed by atoms with Crippen molar-refractivity contribution in [2.24, 2.45) is 10.7 Å². The molecule has 0 aliphatic rings. The van der Waals surface area contributed by atoms with E-state index in [2.05, 4.69) is 10.3 Å². The lowest BCUT2D eigenvalue weighted by Crippen LogP contribution is -2.34. The molecular formula is C18H21Cl2N3O2. The minimum atomic E-state index is -0.0951. The van der Waals surface area contributed by atoms with Gasteiger partial charge >= 0.3 is 0 Å². The van der Waals surface area contributed by atoms with Gasteiger partial charge in [0.15, 0.2) is 17.5 Å². The Hall–Kier alpha value is -2.11. The third-order valence-electron chi connectivity index (χ3n) is 3.72. The molecule has 2 aromatic carbocycles. The van der Waals surface area contributed by atoms with Crippen molar-refractivity contribution in [2.45, 2.75) is 19.4 Å². The average molecular weight is 382 g/mol. The van der Waals surface area contributed by atoms with Crippen molar-refractivity contribution < 1.29 is 9.84 Å². The number of hydrogen-bond acceptors (Lipinski definition) is 3. The Kier molecular flexibility index (Phi) is 6.79. The van der Waals surface area contributed by atoms with E-state index in [9.17, 15) is 5.11 Å². The number of halogens is 2. The molecular weight excluding hydrogens is 361 g/mol. The highest BCUT2D eigenvalue weighted by molar-refractivity contribution is 6.35. The van der Waals surface area contributed by atoms with E-state index in [4.69, 9.17) is 33.7 Å². The van der Waals surface area contributed by atoms with Gasteiger partial charge in [-0.15, -0.1) is 0 Å². The lowest BCUT2D eigenvalue weighted by Gasteiger charge is -2.16. The summed E-state index contributed by atoms with van der Waals surface area (Å²) in [6.07, 6.45) is 0.676. The maximum atomic E-state index is 9.59. The van der Waals surface area contributed by atoms with Crippen LogP contribution in [0.1, 0.15) is 24.1 Å². The van der Waals surface area contributed by atoms with Crippen LogP contribution in [-0.2, 0) is 6.42 Å². The molecule has 1 atom stereocenters. The van der Waals surface area contributed by atoms with Gasteiger partial charge in [0.25, 0.3) is 0 Å². The first kappa shape index (κ1) is 19.2. The highest BCUT2D eigenvalue weighted by Gasteiger charge is 2.10. The fourth-order valence-electron chi connectivity index (χ4n) is 2.38. The van der Waals surface area contributed by atoms with Crippen LogP contribution in [0.4, 0.5) is 0 Å². The smallest absolute Gasteiger partial charge is 0.189 e. The van der Waals surface area contributed by atoms with Crippen molar-refractivity contribution >= 4 is 29.2 Å². The molecule has 0 radical (unpaired) electrons. The first-order valence-electron chi connectivity index (χ1n) is 7.78. The Morgan fingerprint density at radius 3 is 2.72 bits per heavy atom. The van der Waals surface area contributed by atoms with Gasteiger partial charge in [-0.25, -0.2) is 0 Å². The molecule has 0 heterocycles. The predicted molar refractivity (Wildman–Crippen MR) is 103 cm³/mol. The number of ether oxygens (including phenoxy) is 1. The number of phenols is 1. The highest BCUT2D eigenvalue weighted by Crippen LogP contribution is 2.27. The monoisotopic (exact) mass is 381 g/mol. The third kappa shape index (κ3) is 5.44. The molecule has 25 heavy (non-hydrogen) atoms. The fourth-order valence-corrected chi connectivity index (χ4v) is 2.95. The minimum absolute atomic E-state index is 0.0951. The van der Waals surface area contributed by atoms with Crippen molar-refractivity contribution in [1.82, 2.24) is 5.32 Å². The van der Waals surface area contributed by atoms with E-state index in [-0.39, 0.29) is 11.8 Å². The molecule has 0 spiro atoms. The predicted octanol–water partition coefficient (Wildman–Crippen LogP) is 3.92. The molecule has 0 fully saturated rings. The number of nitrogens with zero attached hydrogens (tertiary/aromatic N) is 1. The zero-order valence-corrected chi connectivity index (χ0v) is 15.6. The summed E-state index contributed by atoms with van der Waals surface area (Å²) in [5, 5.41) is 13.9. The molecule has 0 amide bonds. The molecule has 5 nitrogen and oxygen atoms in total. The molecule has 0 bridgehead atoms. The first-order chi connectivity index (χ1) is 11.9. The second-order valence-corrected chi connectivity index (χ2v) is 6.40. The summed E-state index contributed by atoms with van der Waals surface area (Å²) >= 11 is 12.1. The van der Waals surface area contributed by atoms with Crippen LogP contribution >= 0.6 is 23.2 Å². The molecule has 0 saturated heterocycles. The van der Waals surface area contributed by atoms with Gasteiger partial charge < -0.3 is 20.9 Å². The summed E-state index contributed by atoms with van der Waals surface area (Å²) in [4.78, 5) is 4.32. The number of nitrogens with one attached hydrogen (secondary N) is 1. The molecule has 4 N–H and O–H groups in total. The number of nitrogens with two attached hydrogens (primary N) is 1. The van der Waals surface area contributed by atoms with E-state index in [1.807, 2.05) is 19.1 Å². The van der Waals surface area contributed by atoms with Gasteiger partial charge in [-0.2, -0.15) is 0 Å². The van der Waals surface area contributed by atoms with Gasteiger partial charge in [0.05, 0.1) is 13.2 Å². The number of benzene rings is 2. The molecule has 1 unspecified atom stereocenters. The summed E-state index contributed by atoms with van der Waals surface area (Å²) < 4.78 is 5.09. The number of rotatable bonds is 6. The van der Waals surface area contributed by atoms with Crippen molar-refractivity contribution in [2.75, 3.05) is 13.7 Å². The second kappa shape index (κ2) is 8.83. The largest absolute Gasteiger partial charge is 0.504 e. The Labute approximate surface area is 157 Å². The molecule has 0 aliphatic heterocycles. The van der Waals surface area contributed by atoms with Crippen LogP contribution in [0, 0.1) is 0 Å². The van der Waals surface area contributed by atoms with E-state index >= 15 is 0 Å². The van der Waals surface area contributed by atoms with Gasteiger partial charge in [0.2, 0.25) is 0 Å². The summed E-state index contributed by atoms with van der Waals surface area (Å²) in [5.41, 5.74) is 7.84. The van der Waals surface area contributed by atoms with Gasteiger partial charge in [-0.05, 0) is 48.7 Å². The topological polar surface area (TPSA) is 79.9 Å². The molecule has 0 aromatic heterocycles. The third-order valence-corrected chi connectivity index (χ3v) is 4.28. The number of hydrogen-bond donors (Lipinski definition) is 3. The van der Waals surface area contributed by atoms with Crippen LogP contribution in [0.5, 0.6) is 11.5 Å². The Morgan fingerprint density at radius 2 is 2.04 bits per heavy atom. The molecule has 2 rings (SSSR count). The molecule has 0 aliphatic carbocycles. The SMILES string of the molecule is COc1cc(CCN=C(N)NC(C)c2ccc(Cl)cc2Cl)ccc1O. The van der Waals surface area contributed by atoms with Gasteiger partial charge in [-0.1, -0.05) is 35.3 Å². The standard InChI is InChI=1S/C18H21Cl2N3O2/c1-11(14-5-4-13(19)10-15(14)20)23-18(21)22-8-7-12-3-6-16(24)17(9-12)25-2/h3-6,9-11,24H,7-8H2,1-2H3,(H3,21,22,23). The molecule has 0 saturated carbocycles. The number of aromatic hydroxyl groups is 1. The Balaban J connectivity index is 1.93. The normalized spacial score (nSPS) is 12.7. The zero-order chi connectivity index (χ0) is 18.4. The van der Waals surface area contributed by atoms with Crippen LogP contribution < -0.4 is 15.8 Å². The number of phenolic OH excluding ortho intramolecular Hbond substituents is 1. The van der Waals surface area contributed by atoms with Crippen molar-refractivity contribution in [3.63, 3.8) is 0 Å². The minimum Gasteiger partial charge on any atom is -0.504 e. The summed E-state index contributed by atoms with van der Waals surface area (Å²) in [6, 6.07) is 10.5. The molecule has 7 heteroatoms. The molecule has 134 valence electrons. The van der Waals surface area contributed by atoms with E-state index in [0.29, 0.717) is 34.7 Å². The maximum Gasteiger partial charge on any atom is 0.189 e. The average Bonchev–Trinajstić information content (AvgIpc) is 2.56. The lowest BCUT2D eigenvalue weighted by atomic mass is 10.1. The Morgan fingerprint density at radius 1 is 1.28 bits per heavy atom. The lowest BCUT2D eigenvalue weighted by molar-refractivity contribution is 0.373. The van der Waals surface area contributed by atoms with Gasteiger partial charge in [0.1, 0.15) is 0 Å². The number of guanidine groups is 1. The van der Waals surface area contributed by atoms with E-state index < -0.39 is 0 Å². The first-order valence-corrected chi connectivity index (χ1v) is 8.53. The summed E-state index contributed by atoms with van der Waals surface area (Å²) in [5.74, 6) is 0.896. The van der Waals surface area contributed by atoms with Crippen LogP contribution in [0.2, 0.25) is 10.0 Å². The number of methoxy groups -OCH3 is 1.